The number of hydrogen-bond donors (Lipinski definition) is 2. The average Bonchev–Trinajstić information content (AvgIpc) is 2.04. The Kier molecular flexibility index (Phi) is 2.29. The van der Waals surface area contributed by atoms with Crippen molar-refractivity contribution in [2.75, 3.05) is 0 Å². The van der Waals surface area contributed by atoms with Gasteiger partial charge in [0.25, 0.3) is 0 Å². The number of carboxylic acid groups (broad SMARTS) is 1. The number of alkyl halides is 1. The molecule has 0 fully saturated rings. The van der Waals surface area contributed by atoms with Gasteiger partial charge in [0.05, 0.1) is 0 Å². The topological polar surface area (TPSA) is 83.6 Å². The van der Waals surface area contributed by atoms with E-state index in [2.05, 4.69) is 0 Å². The second-order valence-electron chi connectivity index (χ2n) is 2.39. The summed E-state index contributed by atoms with van der Waals surface area (Å²) in [4.78, 5) is 20.3. The van der Waals surface area contributed by atoms with Crippen LogP contribution in [0, 0.1) is 0 Å². The van der Waals surface area contributed by atoms with Crippen LogP contribution < -0.4 is 5.73 Å². The first-order valence-electron chi connectivity index (χ1n) is 3.35. The van der Waals surface area contributed by atoms with Crippen LogP contribution in [0.1, 0.15) is 0 Å². The third-order valence-corrected chi connectivity index (χ3v) is 2.02. The number of rotatable bonds is 1. The number of nitrogens with two attached hydrogens (primary N) is 1. The maximum absolute atomic E-state index is 10.8. The fourth-order valence-electron chi connectivity index (χ4n) is 0.916. The van der Waals surface area contributed by atoms with Crippen LogP contribution in [0.25, 0.3) is 0 Å². The molecule has 13 heavy (non-hydrogen) atoms. The summed E-state index contributed by atoms with van der Waals surface area (Å²) in [6.07, 6.45) is 5.28. The van der Waals surface area contributed by atoms with E-state index in [9.17, 15) is 9.59 Å². The molecular formula is C7H7ClN2O3. The van der Waals surface area contributed by atoms with Crippen molar-refractivity contribution >= 4 is 23.6 Å². The first-order chi connectivity index (χ1) is 5.98. The normalized spacial score (nSPS) is 26.1. The fraction of sp³-hybridized carbons (Fsp3) is 0.143. The Labute approximate surface area is 79.1 Å². The Morgan fingerprint density at radius 1 is 1.46 bits per heavy atom. The molecule has 1 heterocycles. The standard InChI is InChI=1S/C7H7ClN2O3/c8-7(5(11)12)3-1-2-4-10(7)6(9)13/h1-4H,(H2,9,13)(H,11,12). The zero-order chi connectivity index (χ0) is 10.1. The van der Waals surface area contributed by atoms with Gasteiger partial charge in [-0.15, -0.1) is 0 Å². The van der Waals surface area contributed by atoms with Gasteiger partial charge in [-0.25, -0.2) is 9.59 Å². The number of halogens is 1. The maximum atomic E-state index is 10.8. The molecule has 0 spiro atoms. The molecule has 1 aliphatic heterocycles. The zero-order valence-electron chi connectivity index (χ0n) is 6.48. The third-order valence-electron chi connectivity index (χ3n) is 1.55. The monoisotopic (exact) mass is 202 g/mol. The second kappa shape index (κ2) is 3.10. The first-order valence-corrected chi connectivity index (χ1v) is 3.73. The van der Waals surface area contributed by atoms with E-state index in [4.69, 9.17) is 22.4 Å². The van der Waals surface area contributed by atoms with Crippen molar-refractivity contribution in [3.8, 4) is 0 Å². The van der Waals surface area contributed by atoms with E-state index in [1.807, 2.05) is 0 Å². The molecular weight excluding hydrogens is 196 g/mol. The number of carbonyl (C=O) groups is 2. The average molecular weight is 203 g/mol. The van der Waals surface area contributed by atoms with Crippen molar-refractivity contribution in [3.63, 3.8) is 0 Å². The molecule has 0 aromatic heterocycles. The molecule has 6 heteroatoms. The number of hydrogen-bond acceptors (Lipinski definition) is 2. The van der Waals surface area contributed by atoms with Gasteiger partial charge in [0.2, 0.25) is 5.00 Å². The Hall–Kier alpha value is -1.49. The predicted octanol–water partition coefficient (Wildman–Crippen LogP) is 0.470. The summed E-state index contributed by atoms with van der Waals surface area (Å²) < 4.78 is 0. The summed E-state index contributed by atoms with van der Waals surface area (Å²) in [6, 6.07) is -0.919. The highest BCUT2D eigenvalue weighted by molar-refractivity contribution is 6.36. The molecule has 0 aromatic rings. The van der Waals surface area contributed by atoms with E-state index in [1.165, 1.54) is 24.4 Å². The van der Waals surface area contributed by atoms with Crippen LogP contribution in [-0.4, -0.2) is 27.0 Å². The van der Waals surface area contributed by atoms with Crippen molar-refractivity contribution < 1.29 is 14.7 Å². The Morgan fingerprint density at radius 2 is 2.08 bits per heavy atom. The number of amides is 2. The number of allylic oxidation sites excluding steroid dienone is 2. The molecule has 0 bridgehead atoms. The summed E-state index contributed by atoms with van der Waals surface area (Å²) in [6.45, 7) is 0. The van der Waals surface area contributed by atoms with Crippen LogP contribution in [0.2, 0.25) is 0 Å². The number of urea groups is 1. The van der Waals surface area contributed by atoms with Crippen molar-refractivity contribution in [1.82, 2.24) is 4.90 Å². The minimum atomic E-state index is -1.90. The molecule has 0 saturated carbocycles. The molecule has 1 atom stereocenters. The molecule has 0 aliphatic carbocycles. The highest BCUT2D eigenvalue weighted by atomic mass is 35.5. The summed E-state index contributed by atoms with van der Waals surface area (Å²) in [5.74, 6) is -1.35. The van der Waals surface area contributed by atoms with Crippen LogP contribution in [0.5, 0.6) is 0 Å². The molecule has 1 aliphatic rings. The first kappa shape index (κ1) is 9.60. The number of aliphatic carboxylic acids is 1. The van der Waals surface area contributed by atoms with E-state index in [1.54, 1.807) is 0 Å². The summed E-state index contributed by atoms with van der Waals surface area (Å²) in [5.41, 5.74) is 4.93. The van der Waals surface area contributed by atoms with Gasteiger partial charge in [-0.1, -0.05) is 17.7 Å². The second-order valence-corrected chi connectivity index (χ2v) is 2.96. The van der Waals surface area contributed by atoms with Gasteiger partial charge in [-0.05, 0) is 12.2 Å². The van der Waals surface area contributed by atoms with Gasteiger partial charge < -0.3 is 10.8 Å². The SMILES string of the molecule is NC(=O)N1C=CC=CC1(Cl)C(=O)O. The Bertz CT molecular complexity index is 313. The fourth-order valence-corrected chi connectivity index (χ4v) is 1.13. The molecule has 0 aromatic carbocycles. The number of carbonyl (C=O) groups excluding carboxylic acids is 1. The smallest absolute Gasteiger partial charge is 0.350 e. The molecule has 0 radical (unpaired) electrons. The molecule has 70 valence electrons. The summed E-state index contributed by atoms with van der Waals surface area (Å²) in [5, 5.41) is 8.75. The lowest BCUT2D eigenvalue weighted by molar-refractivity contribution is -0.141. The van der Waals surface area contributed by atoms with Gasteiger partial charge in [0.15, 0.2) is 0 Å². The van der Waals surface area contributed by atoms with Crippen LogP contribution in [0.15, 0.2) is 24.4 Å². The quantitative estimate of drug-likeness (QED) is 0.479. The van der Waals surface area contributed by atoms with E-state index >= 15 is 0 Å². The predicted molar refractivity (Wildman–Crippen MR) is 45.9 cm³/mol. The van der Waals surface area contributed by atoms with Crippen molar-refractivity contribution in [2.24, 2.45) is 5.73 Å². The highest BCUT2D eigenvalue weighted by Crippen LogP contribution is 2.26. The lowest BCUT2D eigenvalue weighted by Gasteiger charge is -2.30. The lowest BCUT2D eigenvalue weighted by atomic mass is 10.2. The third kappa shape index (κ3) is 1.50. The van der Waals surface area contributed by atoms with Gasteiger partial charge in [0.1, 0.15) is 0 Å². The van der Waals surface area contributed by atoms with Crippen LogP contribution >= 0.6 is 11.6 Å². The van der Waals surface area contributed by atoms with Crippen LogP contribution in [0.3, 0.4) is 0 Å². The number of nitrogens with zero attached hydrogens (tertiary/aromatic N) is 1. The Balaban J connectivity index is 3.07. The molecule has 2 amide bonds. The van der Waals surface area contributed by atoms with Gasteiger partial charge in [-0.2, -0.15) is 0 Å². The van der Waals surface area contributed by atoms with Gasteiger partial charge in [0, 0.05) is 6.20 Å². The molecule has 1 rings (SSSR count). The summed E-state index contributed by atoms with van der Waals surface area (Å²) in [7, 11) is 0. The van der Waals surface area contributed by atoms with Crippen molar-refractivity contribution in [3.05, 3.63) is 24.4 Å². The largest absolute Gasteiger partial charge is 0.478 e. The summed E-state index contributed by atoms with van der Waals surface area (Å²) >= 11 is 5.66. The lowest BCUT2D eigenvalue weighted by Crippen LogP contribution is -2.51. The maximum Gasteiger partial charge on any atom is 0.350 e. The van der Waals surface area contributed by atoms with E-state index in [0.29, 0.717) is 0 Å². The molecule has 0 saturated heterocycles. The Morgan fingerprint density at radius 3 is 2.46 bits per heavy atom. The van der Waals surface area contributed by atoms with E-state index in [-0.39, 0.29) is 0 Å². The van der Waals surface area contributed by atoms with Gasteiger partial charge >= 0.3 is 12.0 Å². The van der Waals surface area contributed by atoms with Crippen molar-refractivity contribution in [1.29, 1.82) is 0 Å². The van der Waals surface area contributed by atoms with E-state index in [0.717, 1.165) is 4.90 Å². The van der Waals surface area contributed by atoms with Crippen LogP contribution in [0.4, 0.5) is 4.79 Å². The molecule has 5 nitrogen and oxygen atoms in total. The number of primary amides is 1. The van der Waals surface area contributed by atoms with Crippen molar-refractivity contribution in [2.45, 2.75) is 5.00 Å². The molecule has 3 N–H and O–H groups in total. The minimum absolute atomic E-state index is 0.733. The van der Waals surface area contributed by atoms with Gasteiger partial charge in [-0.3, -0.25) is 4.90 Å². The highest BCUT2D eigenvalue weighted by Gasteiger charge is 2.42. The van der Waals surface area contributed by atoms with E-state index < -0.39 is 17.0 Å². The number of carboxylic acids is 1. The minimum Gasteiger partial charge on any atom is -0.478 e. The zero-order valence-corrected chi connectivity index (χ0v) is 7.23. The molecule has 1 unspecified atom stereocenters. The van der Waals surface area contributed by atoms with Crippen LogP contribution in [-0.2, 0) is 4.79 Å².